The van der Waals surface area contributed by atoms with Crippen molar-refractivity contribution in [2.45, 2.75) is 43.5 Å². The Bertz CT molecular complexity index is 693. The van der Waals surface area contributed by atoms with Crippen LogP contribution in [0.15, 0.2) is 41.6 Å². The van der Waals surface area contributed by atoms with Crippen molar-refractivity contribution in [3.63, 3.8) is 0 Å². The van der Waals surface area contributed by atoms with E-state index in [0.29, 0.717) is 12.0 Å². The van der Waals surface area contributed by atoms with Crippen molar-refractivity contribution in [1.82, 2.24) is 14.5 Å². The SMILES string of the molecule is CSc1ccc(C(=O)N2CCCC(c3nccn3C(C)C)C2)cc1. The highest BCUT2D eigenvalue weighted by atomic mass is 32.2. The van der Waals surface area contributed by atoms with Crippen molar-refractivity contribution in [2.24, 2.45) is 0 Å². The Morgan fingerprint density at radius 1 is 1.29 bits per heavy atom. The molecule has 0 N–H and O–H groups in total. The zero-order valence-electron chi connectivity index (χ0n) is 14.6. The summed E-state index contributed by atoms with van der Waals surface area (Å²) < 4.78 is 2.23. The molecule has 0 saturated carbocycles. The molecule has 0 radical (unpaired) electrons. The maximum absolute atomic E-state index is 12.8. The molecule has 0 spiro atoms. The molecule has 3 rings (SSSR count). The summed E-state index contributed by atoms with van der Waals surface area (Å²) in [5.41, 5.74) is 0.778. The Morgan fingerprint density at radius 3 is 2.71 bits per heavy atom. The van der Waals surface area contributed by atoms with E-state index in [1.807, 2.05) is 47.8 Å². The van der Waals surface area contributed by atoms with Crippen molar-refractivity contribution in [3.8, 4) is 0 Å². The van der Waals surface area contributed by atoms with Gasteiger partial charge in [0, 0.05) is 47.9 Å². The summed E-state index contributed by atoms with van der Waals surface area (Å²) in [6.07, 6.45) is 8.09. The van der Waals surface area contributed by atoms with Crippen molar-refractivity contribution in [3.05, 3.63) is 48.0 Å². The van der Waals surface area contributed by atoms with Gasteiger partial charge in [-0.2, -0.15) is 0 Å². The van der Waals surface area contributed by atoms with Gasteiger partial charge in [-0.15, -0.1) is 11.8 Å². The van der Waals surface area contributed by atoms with E-state index in [1.165, 1.54) is 4.90 Å². The number of thioether (sulfide) groups is 1. The van der Waals surface area contributed by atoms with Gasteiger partial charge in [0.15, 0.2) is 0 Å². The van der Waals surface area contributed by atoms with Gasteiger partial charge in [-0.05, 0) is 57.2 Å². The number of nitrogens with zero attached hydrogens (tertiary/aromatic N) is 3. The molecule has 1 unspecified atom stereocenters. The number of hydrogen-bond acceptors (Lipinski definition) is 3. The number of piperidine rings is 1. The van der Waals surface area contributed by atoms with E-state index < -0.39 is 0 Å². The zero-order valence-corrected chi connectivity index (χ0v) is 15.4. The van der Waals surface area contributed by atoms with Crippen LogP contribution in [-0.4, -0.2) is 39.7 Å². The second-order valence-electron chi connectivity index (χ2n) is 6.61. The second kappa shape index (κ2) is 7.43. The van der Waals surface area contributed by atoms with Gasteiger partial charge in [-0.1, -0.05) is 0 Å². The minimum atomic E-state index is 0.134. The molecular weight excluding hydrogens is 318 g/mol. The Kier molecular flexibility index (Phi) is 5.29. The molecule has 1 saturated heterocycles. The van der Waals surface area contributed by atoms with Crippen LogP contribution in [0.4, 0.5) is 0 Å². The molecule has 24 heavy (non-hydrogen) atoms. The third-order valence-electron chi connectivity index (χ3n) is 4.67. The lowest BCUT2D eigenvalue weighted by molar-refractivity contribution is 0.0703. The fourth-order valence-corrected chi connectivity index (χ4v) is 3.77. The molecule has 1 aromatic heterocycles. The van der Waals surface area contributed by atoms with Gasteiger partial charge in [0.1, 0.15) is 5.82 Å². The fourth-order valence-electron chi connectivity index (χ4n) is 3.37. The molecule has 2 aromatic rings. The molecule has 0 aliphatic carbocycles. The van der Waals surface area contributed by atoms with Crippen LogP contribution in [0.25, 0.3) is 0 Å². The van der Waals surface area contributed by atoms with E-state index >= 15 is 0 Å². The topological polar surface area (TPSA) is 38.1 Å². The standard InChI is InChI=1S/C19H25N3OS/c1-14(2)22-12-10-20-18(22)16-5-4-11-21(13-16)19(23)15-6-8-17(24-3)9-7-15/h6-10,12,14,16H,4-5,11,13H2,1-3H3. The van der Waals surface area contributed by atoms with Crippen LogP contribution in [-0.2, 0) is 0 Å². The molecule has 1 aliphatic heterocycles. The minimum absolute atomic E-state index is 0.134. The molecule has 0 bridgehead atoms. The van der Waals surface area contributed by atoms with E-state index in [4.69, 9.17) is 0 Å². The number of rotatable bonds is 4. The number of imidazole rings is 1. The van der Waals surface area contributed by atoms with Crippen molar-refractivity contribution in [2.75, 3.05) is 19.3 Å². The minimum Gasteiger partial charge on any atom is -0.338 e. The van der Waals surface area contributed by atoms with Crippen molar-refractivity contribution >= 4 is 17.7 Å². The van der Waals surface area contributed by atoms with Gasteiger partial charge in [0.05, 0.1) is 0 Å². The van der Waals surface area contributed by atoms with Crippen LogP contribution in [0.1, 0.15) is 54.8 Å². The van der Waals surface area contributed by atoms with Gasteiger partial charge in [-0.25, -0.2) is 4.98 Å². The molecule has 4 nitrogen and oxygen atoms in total. The van der Waals surface area contributed by atoms with Crippen LogP contribution < -0.4 is 0 Å². The summed E-state index contributed by atoms with van der Waals surface area (Å²) in [4.78, 5) is 20.6. The summed E-state index contributed by atoms with van der Waals surface area (Å²) in [6, 6.07) is 8.31. The highest BCUT2D eigenvalue weighted by molar-refractivity contribution is 7.98. The van der Waals surface area contributed by atoms with Gasteiger partial charge in [0.2, 0.25) is 0 Å². The summed E-state index contributed by atoms with van der Waals surface area (Å²) in [5.74, 6) is 1.57. The van der Waals surface area contributed by atoms with E-state index in [2.05, 4.69) is 23.4 Å². The Balaban J connectivity index is 1.75. The molecule has 1 aromatic carbocycles. The molecule has 5 heteroatoms. The molecule has 128 valence electrons. The highest BCUT2D eigenvalue weighted by Crippen LogP contribution is 2.28. The first-order valence-electron chi connectivity index (χ1n) is 8.56. The smallest absolute Gasteiger partial charge is 0.253 e. The maximum atomic E-state index is 12.8. The first-order valence-corrected chi connectivity index (χ1v) is 9.78. The molecule has 1 aliphatic rings. The number of carbonyl (C=O) groups excluding carboxylic acids is 1. The van der Waals surface area contributed by atoms with Gasteiger partial charge in [0.25, 0.3) is 5.91 Å². The third kappa shape index (κ3) is 3.51. The van der Waals surface area contributed by atoms with E-state index in [-0.39, 0.29) is 5.91 Å². The lowest BCUT2D eigenvalue weighted by Gasteiger charge is -2.33. The predicted molar refractivity (Wildman–Crippen MR) is 98.7 cm³/mol. The monoisotopic (exact) mass is 343 g/mol. The fraction of sp³-hybridized carbons (Fsp3) is 0.474. The van der Waals surface area contributed by atoms with Gasteiger partial charge < -0.3 is 9.47 Å². The van der Waals surface area contributed by atoms with Crippen LogP contribution >= 0.6 is 11.8 Å². The number of likely N-dealkylation sites (tertiary alicyclic amines) is 1. The number of benzene rings is 1. The highest BCUT2D eigenvalue weighted by Gasteiger charge is 2.28. The summed E-state index contributed by atoms with van der Waals surface area (Å²) in [5, 5.41) is 0. The second-order valence-corrected chi connectivity index (χ2v) is 7.48. The molecule has 1 fully saturated rings. The molecule has 1 amide bonds. The Hall–Kier alpha value is -1.75. The summed E-state index contributed by atoms with van der Waals surface area (Å²) in [7, 11) is 0. The quantitative estimate of drug-likeness (QED) is 0.781. The lowest BCUT2D eigenvalue weighted by Crippen LogP contribution is -2.39. The average molecular weight is 343 g/mol. The molecule has 1 atom stereocenters. The normalized spacial score (nSPS) is 18.2. The largest absolute Gasteiger partial charge is 0.338 e. The summed E-state index contributed by atoms with van der Waals surface area (Å²) in [6.45, 7) is 5.93. The summed E-state index contributed by atoms with van der Waals surface area (Å²) >= 11 is 1.69. The predicted octanol–water partition coefficient (Wildman–Crippen LogP) is 4.21. The van der Waals surface area contributed by atoms with E-state index in [1.54, 1.807) is 11.8 Å². The van der Waals surface area contributed by atoms with Crippen LogP contribution in [0, 0.1) is 0 Å². The van der Waals surface area contributed by atoms with Crippen molar-refractivity contribution < 1.29 is 4.79 Å². The number of carbonyl (C=O) groups is 1. The average Bonchev–Trinajstić information content (AvgIpc) is 3.11. The zero-order chi connectivity index (χ0) is 17.1. The maximum Gasteiger partial charge on any atom is 0.253 e. The van der Waals surface area contributed by atoms with Gasteiger partial charge in [-0.3, -0.25) is 4.79 Å². The lowest BCUT2D eigenvalue weighted by atomic mass is 9.96. The first kappa shape index (κ1) is 17.1. The van der Waals surface area contributed by atoms with Crippen LogP contribution in [0.5, 0.6) is 0 Å². The van der Waals surface area contributed by atoms with E-state index in [0.717, 1.165) is 37.3 Å². The van der Waals surface area contributed by atoms with Crippen molar-refractivity contribution in [1.29, 1.82) is 0 Å². The first-order chi connectivity index (χ1) is 11.6. The van der Waals surface area contributed by atoms with Gasteiger partial charge >= 0.3 is 0 Å². The number of hydrogen-bond donors (Lipinski definition) is 0. The Labute approximate surface area is 148 Å². The molecular formula is C19H25N3OS. The number of amides is 1. The van der Waals surface area contributed by atoms with Crippen LogP contribution in [0.2, 0.25) is 0 Å². The third-order valence-corrected chi connectivity index (χ3v) is 5.41. The molecule has 2 heterocycles. The Morgan fingerprint density at radius 2 is 2.04 bits per heavy atom. The van der Waals surface area contributed by atoms with E-state index in [9.17, 15) is 4.79 Å². The number of aromatic nitrogens is 2. The van der Waals surface area contributed by atoms with Crippen LogP contribution in [0.3, 0.4) is 0 Å².